The maximum Gasteiger partial charge on any atom is 0.306 e. The number of benzene rings is 1. The zero-order valence-corrected chi connectivity index (χ0v) is 11.8. The van der Waals surface area contributed by atoms with Gasteiger partial charge < -0.3 is 10.4 Å². The van der Waals surface area contributed by atoms with E-state index in [1.807, 2.05) is 0 Å². The number of nitrogens with one attached hydrogen (secondary N) is 1. The van der Waals surface area contributed by atoms with E-state index < -0.39 is 17.7 Å². The Balaban J connectivity index is 2.01. The number of rotatable bonds is 3. The summed E-state index contributed by atoms with van der Waals surface area (Å²) in [4.78, 5) is 22.5. The Morgan fingerprint density at radius 3 is 2.58 bits per heavy atom. The molecule has 1 saturated carbocycles. The lowest BCUT2D eigenvalue weighted by Crippen LogP contribution is -2.38. The van der Waals surface area contributed by atoms with Crippen molar-refractivity contribution in [1.29, 1.82) is 0 Å². The number of hydrogen-bond acceptors (Lipinski definition) is 2. The first-order valence-electron chi connectivity index (χ1n) is 5.87. The number of aryl methyl sites for hydroxylation is 1. The van der Waals surface area contributed by atoms with Crippen LogP contribution in [0.25, 0.3) is 0 Å². The van der Waals surface area contributed by atoms with Gasteiger partial charge in [-0.1, -0.05) is 0 Å². The number of carboxylic acids is 1. The Labute approximate surface area is 118 Å². The number of halogens is 2. The Morgan fingerprint density at radius 1 is 1.37 bits per heavy atom. The van der Waals surface area contributed by atoms with Crippen LogP contribution >= 0.6 is 15.9 Å². The van der Waals surface area contributed by atoms with Gasteiger partial charge in [-0.2, -0.15) is 0 Å². The molecule has 1 amide bonds. The second-order valence-electron chi connectivity index (χ2n) is 4.77. The van der Waals surface area contributed by atoms with E-state index in [0.717, 1.165) is 5.56 Å². The molecule has 0 radical (unpaired) electrons. The van der Waals surface area contributed by atoms with Gasteiger partial charge in [0, 0.05) is 11.6 Å². The number of carbonyl (C=O) groups excluding carboxylic acids is 1. The van der Waals surface area contributed by atoms with Crippen molar-refractivity contribution in [3.05, 3.63) is 28.0 Å². The third-order valence-corrected chi connectivity index (χ3v) is 3.99. The number of anilines is 1. The minimum atomic E-state index is -0.866. The molecule has 0 spiro atoms. The van der Waals surface area contributed by atoms with Gasteiger partial charge in [-0.15, -0.1) is 0 Å². The molecule has 0 saturated heterocycles. The van der Waals surface area contributed by atoms with Gasteiger partial charge in [0.25, 0.3) is 0 Å². The van der Waals surface area contributed by atoms with Crippen molar-refractivity contribution in [3.63, 3.8) is 0 Å². The first-order chi connectivity index (χ1) is 8.88. The van der Waals surface area contributed by atoms with Crippen LogP contribution in [0.1, 0.15) is 18.4 Å². The number of carbonyl (C=O) groups is 2. The van der Waals surface area contributed by atoms with Crippen LogP contribution < -0.4 is 5.32 Å². The van der Waals surface area contributed by atoms with E-state index in [4.69, 9.17) is 5.11 Å². The average Bonchev–Trinajstić information content (AvgIpc) is 2.23. The second kappa shape index (κ2) is 5.28. The van der Waals surface area contributed by atoms with E-state index >= 15 is 0 Å². The number of aliphatic carboxylic acids is 1. The summed E-state index contributed by atoms with van der Waals surface area (Å²) in [6.07, 6.45) is 0.693. The van der Waals surface area contributed by atoms with Crippen LogP contribution in [0.4, 0.5) is 10.1 Å². The molecule has 0 atom stereocenters. The third kappa shape index (κ3) is 2.94. The molecule has 2 rings (SSSR count). The Kier molecular flexibility index (Phi) is 3.89. The molecule has 6 heteroatoms. The fraction of sp³-hybridized carbons (Fsp3) is 0.385. The Morgan fingerprint density at radius 2 is 2.00 bits per heavy atom. The molecule has 0 aromatic heterocycles. The van der Waals surface area contributed by atoms with Crippen molar-refractivity contribution in [2.75, 3.05) is 5.32 Å². The lowest BCUT2D eigenvalue weighted by molar-refractivity contribution is -0.147. The van der Waals surface area contributed by atoms with Crippen molar-refractivity contribution >= 4 is 33.5 Å². The van der Waals surface area contributed by atoms with Crippen LogP contribution in [0.15, 0.2) is 16.6 Å². The smallest absolute Gasteiger partial charge is 0.306 e. The van der Waals surface area contributed by atoms with E-state index in [1.165, 1.54) is 6.07 Å². The zero-order chi connectivity index (χ0) is 14.2. The summed E-state index contributed by atoms with van der Waals surface area (Å²) in [5.74, 6) is -2.29. The summed E-state index contributed by atoms with van der Waals surface area (Å²) >= 11 is 3.07. The fourth-order valence-corrected chi connectivity index (χ4v) is 2.51. The van der Waals surface area contributed by atoms with Gasteiger partial charge in [0.1, 0.15) is 5.82 Å². The summed E-state index contributed by atoms with van der Waals surface area (Å²) in [7, 11) is 0. The van der Waals surface area contributed by atoms with E-state index in [2.05, 4.69) is 21.2 Å². The molecule has 19 heavy (non-hydrogen) atoms. The topological polar surface area (TPSA) is 66.4 Å². The van der Waals surface area contributed by atoms with Gasteiger partial charge in [-0.25, -0.2) is 4.39 Å². The number of carboxylic acid groups (broad SMARTS) is 1. The molecule has 1 aliphatic rings. The van der Waals surface area contributed by atoms with Crippen LogP contribution in [0.2, 0.25) is 0 Å². The number of hydrogen-bond donors (Lipinski definition) is 2. The molecular weight excluding hydrogens is 317 g/mol. The van der Waals surface area contributed by atoms with E-state index in [9.17, 15) is 14.0 Å². The molecule has 0 unspecified atom stereocenters. The van der Waals surface area contributed by atoms with Gasteiger partial charge >= 0.3 is 5.97 Å². The van der Waals surface area contributed by atoms with Crippen LogP contribution in [0, 0.1) is 24.6 Å². The first kappa shape index (κ1) is 14.0. The molecule has 0 bridgehead atoms. The molecule has 1 fully saturated rings. The average molecular weight is 330 g/mol. The highest BCUT2D eigenvalue weighted by Crippen LogP contribution is 2.35. The molecule has 4 nitrogen and oxygen atoms in total. The quantitative estimate of drug-likeness (QED) is 0.895. The molecule has 0 aliphatic heterocycles. The third-order valence-electron chi connectivity index (χ3n) is 3.38. The highest BCUT2D eigenvalue weighted by atomic mass is 79.9. The highest BCUT2D eigenvalue weighted by molar-refractivity contribution is 9.10. The standard InChI is InChI=1S/C13H13BrFNO3/c1-6-2-9(14)10(15)5-11(6)16-12(17)7-3-8(4-7)13(18)19/h2,5,7-8H,3-4H2,1H3,(H,16,17)(H,18,19). The highest BCUT2D eigenvalue weighted by Gasteiger charge is 2.38. The monoisotopic (exact) mass is 329 g/mol. The fourth-order valence-electron chi connectivity index (χ4n) is 2.05. The summed E-state index contributed by atoms with van der Waals surface area (Å²) in [5, 5.41) is 11.4. The maximum atomic E-state index is 13.4. The molecule has 2 N–H and O–H groups in total. The summed E-state index contributed by atoms with van der Waals surface area (Å²) in [5.41, 5.74) is 1.17. The van der Waals surface area contributed by atoms with Gasteiger partial charge in [0.15, 0.2) is 0 Å². The van der Waals surface area contributed by atoms with Crippen LogP contribution in [-0.2, 0) is 9.59 Å². The van der Waals surface area contributed by atoms with Gasteiger partial charge in [0.05, 0.1) is 10.4 Å². The van der Waals surface area contributed by atoms with Crippen molar-refractivity contribution in [1.82, 2.24) is 0 Å². The maximum absolute atomic E-state index is 13.4. The van der Waals surface area contributed by atoms with Crippen LogP contribution in [0.5, 0.6) is 0 Å². The molecular formula is C13H13BrFNO3. The number of amides is 1. The largest absolute Gasteiger partial charge is 0.481 e. The summed E-state index contributed by atoms with van der Waals surface area (Å²) in [6.45, 7) is 1.76. The van der Waals surface area contributed by atoms with Gasteiger partial charge in [-0.05, 0) is 53.4 Å². The van der Waals surface area contributed by atoms with Gasteiger partial charge in [-0.3, -0.25) is 9.59 Å². The molecule has 102 valence electrons. The van der Waals surface area contributed by atoms with Crippen LogP contribution in [0.3, 0.4) is 0 Å². The lowest BCUT2D eigenvalue weighted by atomic mass is 9.74. The minimum absolute atomic E-state index is 0.248. The van der Waals surface area contributed by atoms with E-state index in [-0.39, 0.29) is 11.8 Å². The molecule has 1 aromatic rings. The normalized spacial score (nSPS) is 21.6. The predicted molar refractivity (Wildman–Crippen MR) is 71.3 cm³/mol. The molecule has 1 aromatic carbocycles. The summed E-state index contributed by atoms with van der Waals surface area (Å²) < 4.78 is 13.7. The lowest BCUT2D eigenvalue weighted by Gasteiger charge is -2.31. The first-order valence-corrected chi connectivity index (χ1v) is 6.67. The van der Waals surface area contributed by atoms with E-state index in [0.29, 0.717) is 23.0 Å². The molecule has 0 heterocycles. The van der Waals surface area contributed by atoms with Crippen LogP contribution in [-0.4, -0.2) is 17.0 Å². The SMILES string of the molecule is Cc1cc(Br)c(F)cc1NC(=O)C1CC(C(=O)O)C1. The minimum Gasteiger partial charge on any atom is -0.481 e. The Hall–Kier alpha value is -1.43. The molecule has 1 aliphatic carbocycles. The summed E-state index contributed by atoms with van der Waals surface area (Å²) in [6, 6.07) is 2.84. The van der Waals surface area contributed by atoms with Gasteiger partial charge in [0.2, 0.25) is 5.91 Å². The second-order valence-corrected chi connectivity index (χ2v) is 5.63. The Bertz CT molecular complexity index is 541. The predicted octanol–water partition coefficient (Wildman–Crippen LogP) is 2.95. The zero-order valence-electron chi connectivity index (χ0n) is 10.2. The van der Waals surface area contributed by atoms with Crippen molar-refractivity contribution < 1.29 is 19.1 Å². The van der Waals surface area contributed by atoms with Crippen molar-refractivity contribution in [3.8, 4) is 0 Å². The van der Waals surface area contributed by atoms with Crippen molar-refractivity contribution in [2.24, 2.45) is 11.8 Å². The van der Waals surface area contributed by atoms with Crippen molar-refractivity contribution in [2.45, 2.75) is 19.8 Å². The van der Waals surface area contributed by atoms with E-state index in [1.54, 1.807) is 13.0 Å².